The van der Waals surface area contributed by atoms with Crippen LogP contribution in [0.5, 0.6) is 5.75 Å². The number of carbonyl (C=O) groups excluding carboxylic acids is 2. The third-order valence-corrected chi connectivity index (χ3v) is 5.68. The Hall–Kier alpha value is -3.34. The zero-order chi connectivity index (χ0) is 21.5. The van der Waals surface area contributed by atoms with E-state index in [0.717, 1.165) is 42.1 Å². The first-order chi connectivity index (χ1) is 15.2. The topological polar surface area (TPSA) is 55.8 Å². The van der Waals surface area contributed by atoms with Gasteiger partial charge in [0.1, 0.15) is 5.75 Å². The number of nitrogens with zero attached hydrogens (tertiary/aromatic N) is 1. The first kappa shape index (κ1) is 20.9. The van der Waals surface area contributed by atoms with E-state index in [1.807, 2.05) is 72.8 Å². The summed E-state index contributed by atoms with van der Waals surface area (Å²) in [6.07, 6.45) is 5.37. The van der Waals surface area contributed by atoms with Crippen LogP contribution in [0.15, 0.2) is 72.8 Å². The quantitative estimate of drug-likeness (QED) is 0.500. The monoisotopic (exact) mass is 417 g/mol. The molecule has 0 saturated heterocycles. The van der Waals surface area contributed by atoms with Crippen molar-refractivity contribution in [1.29, 1.82) is 0 Å². The zero-order valence-electron chi connectivity index (χ0n) is 17.5. The van der Waals surface area contributed by atoms with E-state index in [1.54, 1.807) is 4.90 Å². The van der Waals surface area contributed by atoms with Gasteiger partial charge < -0.3 is 14.4 Å². The van der Waals surface area contributed by atoms with E-state index in [4.69, 9.17) is 9.47 Å². The Morgan fingerprint density at radius 1 is 0.806 bits per heavy atom. The molecule has 0 aromatic heterocycles. The van der Waals surface area contributed by atoms with E-state index >= 15 is 0 Å². The standard InChI is InChI=1S/C26H27NO4/c28-25(27(22-11-3-1-4-12-22)23-13-5-2-6-14-23)18-31-26(29)19-30-24-16-15-20-9-7-8-10-21(20)17-24/h1,3-4,7-12,15-17,23H,2,5-6,13-14,18-19H2. The first-order valence-electron chi connectivity index (χ1n) is 10.8. The fourth-order valence-electron chi connectivity index (χ4n) is 4.14. The molecular formula is C26H27NO4. The fourth-order valence-corrected chi connectivity index (χ4v) is 4.14. The molecule has 3 aromatic rings. The molecule has 31 heavy (non-hydrogen) atoms. The largest absolute Gasteiger partial charge is 0.482 e. The normalized spacial score (nSPS) is 14.2. The van der Waals surface area contributed by atoms with Crippen molar-refractivity contribution in [3.05, 3.63) is 72.8 Å². The highest BCUT2D eigenvalue weighted by molar-refractivity contribution is 5.95. The third-order valence-electron chi connectivity index (χ3n) is 5.68. The highest BCUT2D eigenvalue weighted by atomic mass is 16.6. The molecule has 0 aliphatic heterocycles. The van der Waals surface area contributed by atoms with Crippen molar-refractivity contribution in [3.63, 3.8) is 0 Å². The van der Waals surface area contributed by atoms with Crippen molar-refractivity contribution in [2.24, 2.45) is 0 Å². The number of ether oxygens (including phenoxy) is 2. The molecular weight excluding hydrogens is 390 g/mol. The summed E-state index contributed by atoms with van der Waals surface area (Å²) in [6.45, 7) is -0.522. The highest BCUT2D eigenvalue weighted by Gasteiger charge is 2.27. The van der Waals surface area contributed by atoms with Gasteiger partial charge in [0, 0.05) is 11.7 Å². The maximum atomic E-state index is 13.0. The van der Waals surface area contributed by atoms with E-state index in [9.17, 15) is 9.59 Å². The molecule has 3 aromatic carbocycles. The second-order valence-corrected chi connectivity index (χ2v) is 7.85. The summed E-state index contributed by atoms with van der Waals surface area (Å²) in [5.41, 5.74) is 0.850. The molecule has 0 bridgehead atoms. The number of hydrogen-bond acceptors (Lipinski definition) is 4. The summed E-state index contributed by atoms with van der Waals surface area (Å²) >= 11 is 0. The van der Waals surface area contributed by atoms with Gasteiger partial charge in [-0.15, -0.1) is 0 Å². The summed E-state index contributed by atoms with van der Waals surface area (Å²) in [4.78, 5) is 27.0. The Balaban J connectivity index is 1.33. The molecule has 1 aliphatic carbocycles. The average Bonchev–Trinajstić information content (AvgIpc) is 2.83. The molecule has 160 valence electrons. The van der Waals surface area contributed by atoms with Gasteiger partial charge in [0.25, 0.3) is 5.91 Å². The number of esters is 1. The third kappa shape index (κ3) is 5.43. The lowest BCUT2D eigenvalue weighted by Gasteiger charge is -2.34. The van der Waals surface area contributed by atoms with Gasteiger partial charge in [-0.3, -0.25) is 4.79 Å². The number of para-hydroxylation sites is 1. The van der Waals surface area contributed by atoms with Crippen LogP contribution in [0.1, 0.15) is 32.1 Å². The molecule has 1 saturated carbocycles. The van der Waals surface area contributed by atoms with Crippen LogP contribution >= 0.6 is 0 Å². The Morgan fingerprint density at radius 3 is 2.29 bits per heavy atom. The highest BCUT2D eigenvalue weighted by Crippen LogP contribution is 2.27. The van der Waals surface area contributed by atoms with Crippen LogP contribution < -0.4 is 9.64 Å². The zero-order valence-corrected chi connectivity index (χ0v) is 17.5. The Bertz CT molecular complexity index is 1030. The Labute approximate surface area is 182 Å². The van der Waals surface area contributed by atoms with Gasteiger partial charge in [-0.1, -0.05) is 67.8 Å². The number of anilines is 1. The van der Waals surface area contributed by atoms with Crippen LogP contribution in [0, 0.1) is 0 Å². The lowest BCUT2D eigenvalue weighted by Crippen LogP contribution is -2.44. The Kier molecular flexibility index (Phi) is 6.82. The van der Waals surface area contributed by atoms with Gasteiger partial charge in [-0.2, -0.15) is 0 Å². The van der Waals surface area contributed by atoms with Crippen LogP contribution in [-0.4, -0.2) is 31.1 Å². The SMILES string of the molecule is O=C(COc1ccc2ccccc2c1)OCC(=O)N(c1ccccc1)C1CCCCC1. The van der Waals surface area contributed by atoms with E-state index in [0.29, 0.717) is 5.75 Å². The van der Waals surface area contributed by atoms with Crippen molar-refractivity contribution < 1.29 is 19.1 Å². The molecule has 0 atom stereocenters. The molecule has 0 radical (unpaired) electrons. The van der Waals surface area contributed by atoms with E-state index in [-0.39, 0.29) is 25.2 Å². The summed E-state index contributed by atoms with van der Waals surface area (Å²) in [7, 11) is 0. The molecule has 1 fully saturated rings. The summed E-state index contributed by atoms with van der Waals surface area (Å²) in [5, 5.41) is 2.14. The molecule has 0 unspecified atom stereocenters. The lowest BCUT2D eigenvalue weighted by molar-refractivity contribution is -0.149. The van der Waals surface area contributed by atoms with Gasteiger partial charge >= 0.3 is 5.97 Å². The predicted octanol–water partition coefficient (Wildman–Crippen LogP) is 5.13. The van der Waals surface area contributed by atoms with Gasteiger partial charge in [0.15, 0.2) is 13.2 Å². The maximum absolute atomic E-state index is 13.0. The molecule has 0 N–H and O–H groups in total. The molecule has 1 aliphatic rings. The minimum absolute atomic E-state index is 0.149. The molecule has 4 rings (SSSR count). The number of fused-ring (bicyclic) bond motifs is 1. The predicted molar refractivity (Wildman–Crippen MR) is 121 cm³/mol. The van der Waals surface area contributed by atoms with Crippen molar-refractivity contribution >= 4 is 28.3 Å². The number of carbonyl (C=O) groups is 2. The van der Waals surface area contributed by atoms with Crippen molar-refractivity contribution in [3.8, 4) is 5.75 Å². The number of benzene rings is 3. The summed E-state index contributed by atoms with van der Waals surface area (Å²) in [5.74, 6) is -0.162. The molecule has 5 nitrogen and oxygen atoms in total. The molecule has 0 heterocycles. The number of amides is 1. The molecule has 5 heteroatoms. The lowest BCUT2D eigenvalue weighted by atomic mass is 9.93. The van der Waals surface area contributed by atoms with Crippen LogP contribution in [0.3, 0.4) is 0 Å². The summed E-state index contributed by atoms with van der Waals surface area (Å²) in [6, 6.07) is 23.4. The van der Waals surface area contributed by atoms with Crippen LogP contribution in [0.25, 0.3) is 10.8 Å². The van der Waals surface area contributed by atoms with Gasteiger partial charge in [-0.25, -0.2) is 4.79 Å². The second-order valence-electron chi connectivity index (χ2n) is 7.85. The maximum Gasteiger partial charge on any atom is 0.344 e. The van der Waals surface area contributed by atoms with Crippen LogP contribution in [0.4, 0.5) is 5.69 Å². The Morgan fingerprint density at radius 2 is 1.52 bits per heavy atom. The first-order valence-corrected chi connectivity index (χ1v) is 10.8. The van der Waals surface area contributed by atoms with E-state index in [1.165, 1.54) is 6.42 Å². The van der Waals surface area contributed by atoms with E-state index < -0.39 is 5.97 Å². The minimum Gasteiger partial charge on any atom is -0.482 e. The number of hydrogen-bond donors (Lipinski definition) is 0. The van der Waals surface area contributed by atoms with Crippen molar-refractivity contribution in [2.45, 2.75) is 38.1 Å². The van der Waals surface area contributed by atoms with Gasteiger partial charge in [0.05, 0.1) is 0 Å². The van der Waals surface area contributed by atoms with Crippen molar-refractivity contribution in [1.82, 2.24) is 0 Å². The molecule has 0 spiro atoms. The second kappa shape index (κ2) is 10.1. The fraction of sp³-hybridized carbons (Fsp3) is 0.308. The van der Waals surface area contributed by atoms with Gasteiger partial charge in [-0.05, 0) is 47.9 Å². The molecule has 1 amide bonds. The average molecular weight is 418 g/mol. The van der Waals surface area contributed by atoms with Crippen LogP contribution in [0.2, 0.25) is 0 Å². The van der Waals surface area contributed by atoms with Crippen molar-refractivity contribution in [2.75, 3.05) is 18.1 Å². The minimum atomic E-state index is -0.557. The van der Waals surface area contributed by atoms with Gasteiger partial charge in [0.2, 0.25) is 0 Å². The van der Waals surface area contributed by atoms with Crippen LogP contribution in [-0.2, 0) is 14.3 Å². The van der Waals surface area contributed by atoms with E-state index in [2.05, 4.69) is 0 Å². The summed E-state index contributed by atoms with van der Waals surface area (Å²) < 4.78 is 10.8. The number of rotatable bonds is 7. The smallest absolute Gasteiger partial charge is 0.344 e.